The summed E-state index contributed by atoms with van der Waals surface area (Å²) >= 11 is 1.72. The summed E-state index contributed by atoms with van der Waals surface area (Å²) in [6.07, 6.45) is 6.28. The molecule has 0 spiro atoms. The number of rotatable bonds is 6. The van der Waals surface area contributed by atoms with Crippen LogP contribution in [0.3, 0.4) is 0 Å². The Morgan fingerprint density at radius 3 is 2.67 bits per heavy atom. The molecule has 1 aliphatic carbocycles. The Morgan fingerprint density at radius 1 is 1.15 bits per heavy atom. The molecule has 3 N–H and O–H groups in total. The Hall–Kier alpha value is -2.58. The molecule has 0 radical (unpaired) electrons. The van der Waals surface area contributed by atoms with E-state index in [2.05, 4.69) is 50.0 Å². The van der Waals surface area contributed by atoms with Crippen LogP contribution in [0.15, 0.2) is 29.2 Å². The van der Waals surface area contributed by atoms with Gasteiger partial charge < -0.3 is 20.4 Å². The molecule has 8 heteroatoms. The van der Waals surface area contributed by atoms with Crippen molar-refractivity contribution in [3.63, 3.8) is 0 Å². The minimum atomic E-state index is 0.0360. The molecule has 1 amide bonds. The predicted molar refractivity (Wildman–Crippen MR) is 136 cm³/mol. The van der Waals surface area contributed by atoms with Crippen molar-refractivity contribution in [1.82, 2.24) is 15.0 Å². The zero-order valence-electron chi connectivity index (χ0n) is 19.8. The van der Waals surface area contributed by atoms with Crippen molar-refractivity contribution < 1.29 is 9.53 Å². The maximum atomic E-state index is 12.3. The van der Waals surface area contributed by atoms with Gasteiger partial charge in [-0.1, -0.05) is 19.9 Å². The fourth-order valence-corrected chi connectivity index (χ4v) is 4.65. The molecule has 0 bridgehead atoms. The van der Waals surface area contributed by atoms with E-state index in [4.69, 9.17) is 4.74 Å². The van der Waals surface area contributed by atoms with Gasteiger partial charge in [-0.05, 0) is 56.6 Å². The number of hydrogen-bond acceptors (Lipinski definition) is 6. The number of nitrogens with zero attached hydrogens (tertiary/aromatic N) is 2. The summed E-state index contributed by atoms with van der Waals surface area (Å²) in [6, 6.07) is 8.47. The summed E-state index contributed by atoms with van der Waals surface area (Å²) < 4.78 is 5.68. The number of imidazole rings is 1. The number of aromatic nitrogens is 3. The summed E-state index contributed by atoms with van der Waals surface area (Å²) in [6.45, 7) is 7.57. The molecule has 3 heterocycles. The monoisotopic (exact) mass is 467 g/mol. The normalized spacial score (nSPS) is 17.9. The highest BCUT2D eigenvalue weighted by atomic mass is 32.2. The smallest absolute Gasteiger partial charge is 0.228 e. The molecule has 1 unspecified atom stereocenters. The van der Waals surface area contributed by atoms with Crippen molar-refractivity contribution in [3.05, 3.63) is 35.7 Å². The van der Waals surface area contributed by atoms with E-state index in [-0.39, 0.29) is 11.8 Å². The van der Waals surface area contributed by atoms with Crippen molar-refractivity contribution >= 4 is 46.0 Å². The molecule has 5 rings (SSSR count). The second-order valence-corrected chi connectivity index (χ2v) is 9.19. The Morgan fingerprint density at radius 2 is 1.97 bits per heavy atom. The van der Waals surface area contributed by atoms with Crippen LogP contribution < -0.4 is 10.6 Å². The Bertz CT molecular complexity index is 1120. The topological polar surface area (TPSA) is 91.9 Å². The average Bonchev–Trinajstić information content (AvgIpc) is 3.63. The molecule has 1 aliphatic heterocycles. The quantitative estimate of drug-likeness (QED) is 0.385. The van der Waals surface area contributed by atoms with E-state index in [0.29, 0.717) is 17.4 Å². The van der Waals surface area contributed by atoms with Gasteiger partial charge in [-0.3, -0.25) is 4.79 Å². The van der Waals surface area contributed by atoms with Crippen LogP contribution in [0, 0.1) is 12.8 Å². The SMILES string of the molecule is CC.CSc1cc(C2CCCOC2)ccc1Nc1cc(NC(=O)C2CC2)nc2nc(C)[nH]c12. The first-order chi connectivity index (χ1) is 16.1. The number of nitrogens with one attached hydrogen (secondary N) is 3. The first kappa shape index (κ1) is 23.6. The van der Waals surface area contributed by atoms with Gasteiger partial charge in [0.2, 0.25) is 5.91 Å². The van der Waals surface area contributed by atoms with Crippen molar-refractivity contribution in [2.75, 3.05) is 30.1 Å². The first-order valence-corrected chi connectivity index (χ1v) is 13.0. The molecule has 33 heavy (non-hydrogen) atoms. The molecule has 176 valence electrons. The minimum Gasteiger partial charge on any atom is -0.381 e. The second-order valence-electron chi connectivity index (χ2n) is 8.34. The summed E-state index contributed by atoms with van der Waals surface area (Å²) in [7, 11) is 0. The number of pyridine rings is 1. The number of thioether (sulfide) groups is 1. The van der Waals surface area contributed by atoms with Crippen LogP contribution in [0.25, 0.3) is 11.2 Å². The molecule has 2 fully saturated rings. The molecule has 2 aromatic heterocycles. The molecule has 1 aromatic carbocycles. The summed E-state index contributed by atoms with van der Waals surface area (Å²) in [5.41, 5.74) is 4.62. The van der Waals surface area contributed by atoms with Crippen LogP contribution in [-0.4, -0.2) is 40.3 Å². The molecule has 2 aliphatic rings. The van der Waals surface area contributed by atoms with E-state index >= 15 is 0 Å². The highest BCUT2D eigenvalue weighted by molar-refractivity contribution is 7.98. The number of amides is 1. The fourth-order valence-electron chi connectivity index (χ4n) is 4.05. The van der Waals surface area contributed by atoms with Gasteiger partial charge in [0.1, 0.15) is 17.2 Å². The number of carbonyl (C=O) groups excluding carboxylic acids is 1. The van der Waals surface area contributed by atoms with Crippen LogP contribution in [0.5, 0.6) is 0 Å². The van der Waals surface area contributed by atoms with Crippen LogP contribution in [0.1, 0.15) is 56.8 Å². The van der Waals surface area contributed by atoms with Crippen molar-refractivity contribution in [1.29, 1.82) is 0 Å². The van der Waals surface area contributed by atoms with E-state index in [1.54, 1.807) is 11.8 Å². The van der Waals surface area contributed by atoms with E-state index < -0.39 is 0 Å². The number of carbonyl (C=O) groups is 1. The zero-order valence-corrected chi connectivity index (χ0v) is 20.6. The van der Waals surface area contributed by atoms with Crippen LogP contribution in [0.2, 0.25) is 0 Å². The largest absolute Gasteiger partial charge is 0.381 e. The Balaban J connectivity index is 0.00000126. The third-order valence-corrected chi connectivity index (χ3v) is 6.68. The van der Waals surface area contributed by atoms with Gasteiger partial charge in [0.05, 0.1) is 18.0 Å². The number of fused-ring (bicyclic) bond motifs is 1. The average molecular weight is 468 g/mol. The lowest BCUT2D eigenvalue weighted by Gasteiger charge is -2.23. The molecule has 7 nitrogen and oxygen atoms in total. The van der Waals surface area contributed by atoms with Crippen LogP contribution in [-0.2, 0) is 9.53 Å². The van der Waals surface area contributed by atoms with E-state index in [9.17, 15) is 4.79 Å². The lowest BCUT2D eigenvalue weighted by Crippen LogP contribution is -2.15. The maximum absolute atomic E-state index is 12.3. The number of hydrogen-bond donors (Lipinski definition) is 3. The van der Waals surface area contributed by atoms with Gasteiger partial charge in [-0.2, -0.15) is 0 Å². The Kier molecular flexibility index (Phi) is 7.55. The highest BCUT2D eigenvalue weighted by Gasteiger charge is 2.30. The highest BCUT2D eigenvalue weighted by Crippen LogP contribution is 2.36. The minimum absolute atomic E-state index is 0.0360. The van der Waals surface area contributed by atoms with Gasteiger partial charge in [0.15, 0.2) is 5.65 Å². The zero-order chi connectivity index (χ0) is 23.4. The predicted octanol–water partition coefficient (Wildman–Crippen LogP) is 6.00. The summed E-state index contributed by atoms with van der Waals surface area (Å²) in [5, 5.41) is 6.50. The maximum Gasteiger partial charge on any atom is 0.228 e. The van der Waals surface area contributed by atoms with Crippen molar-refractivity contribution in [2.24, 2.45) is 5.92 Å². The van der Waals surface area contributed by atoms with Gasteiger partial charge >= 0.3 is 0 Å². The standard InChI is InChI=1S/C23H27N5O2S.C2H6/c1-13-24-21-18(11-20(27-22(21)25-13)28-23(29)14-5-6-14)26-17-8-7-15(10-19(17)31-2)16-4-3-9-30-12-16;1-2/h7-8,10-11,14,16H,3-6,9,12H2,1-2H3,(H3,24,25,26,27,28,29);1-2H3. The number of aromatic amines is 1. The van der Waals surface area contributed by atoms with Crippen LogP contribution >= 0.6 is 11.8 Å². The number of anilines is 3. The molecule has 1 saturated carbocycles. The lowest BCUT2D eigenvalue weighted by atomic mass is 9.93. The third kappa shape index (κ3) is 5.50. The van der Waals surface area contributed by atoms with Gasteiger partial charge in [-0.25, -0.2) is 9.97 Å². The number of benzene rings is 1. The third-order valence-electron chi connectivity index (χ3n) is 5.91. The first-order valence-electron chi connectivity index (χ1n) is 11.8. The number of H-pyrrole nitrogens is 1. The van der Waals surface area contributed by atoms with Gasteiger partial charge in [0, 0.05) is 29.4 Å². The summed E-state index contributed by atoms with van der Waals surface area (Å²) in [4.78, 5) is 25.7. The number of aryl methyl sites for hydroxylation is 1. The molecule has 1 saturated heterocycles. The van der Waals surface area contributed by atoms with Gasteiger partial charge in [0.25, 0.3) is 0 Å². The summed E-state index contributed by atoms with van der Waals surface area (Å²) in [5.74, 6) is 1.93. The lowest BCUT2D eigenvalue weighted by molar-refractivity contribution is -0.117. The van der Waals surface area contributed by atoms with E-state index in [1.165, 1.54) is 16.9 Å². The van der Waals surface area contributed by atoms with E-state index in [0.717, 1.165) is 55.2 Å². The molecular weight excluding hydrogens is 434 g/mol. The van der Waals surface area contributed by atoms with E-state index in [1.807, 2.05) is 26.8 Å². The van der Waals surface area contributed by atoms with Crippen LogP contribution in [0.4, 0.5) is 17.2 Å². The molecular formula is C25H33N5O2S. The fraction of sp³-hybridized carbons (Fsp3) is 0.480. The van der Waals surface area contributed by atoms with Gasteiger partial charge in [-0.15, -0.1) is 11.8 Å². The van der Waals surface area contributed by atoms with Crippen molar-refractivity contribution in [2.45, 2.75) is 57.3 Å². The molecule has 1 atom stereocenters. The Labute approximate surface area is 199 Å². The molecule has 3 aromatic rings. The number of ether oxygens (including phenoxy) is 1. The second kappa shape index (κ2) is 10.6. The van der Waals surface area contributed by atoms with Crippen molar-refractivity contribution in [3.8, 4) is 0 Å².